The molecule has 1 aliphatic heterocycles. The average molecular weight is 289 g/mol. The van der Waals surface area contributed by atoms with Gasteiger partial charge in [0.25, 0.3) is 0 Å². The smallest absolute Gasteiger partial charge is 0.240 e. The highest BCUT2D eigenvalue weighted by Gasteiger charge is 2.30. The van der Waals surface area contributed by atoms with E-state index in [1.165, 1.54) is 11.3 Å². The van der Waals surface area contributed by atoms with Crippen molar-refractivity contribution in [2.45, 2.75) is 32.0 Å². The van der Waals surface area contributed by atoms with Crippen LogP contribution in [0.2, 0.25) is 4.34 Å². The maximum atomic E-state index is 12.3. The van der Waals surface area contributed by atoms with Crippen molar-refractivity contribution < 1.29 is 9.90 Å². The van der Waals surface area contributed by atoms with Crippen LogP contribution >= 0.6 is 22.9 Å². The summed E-state index contributed by atoms with van der Waals surface area (Å²) in [7, 11) is 0. The minimum absolute atomic E-state index is 0.0542. The van der Waals surface area contributed by atoms with E-state index in [1.54, 1.807) is 4.90 Å². The summed E-state index contributed by atoms with van der Waals surface area (Å²) in [5, 5.41) is 12.5. The van der Waals surface area contributed by atoms with E-state index in [9.17, 15) is 9.90 Å². The number of β-amino-alcohol motifs (C(OH)–C–C–N with tert-alkyl or cyclic N) is 1. The molecule has 0 aliphatic carbocycles. The van der Waals surface area contributed by atoms with Gasteiger partial charge < -0.3 is 15.3 Å². The first-order valence-electron chi connectivity index (χ1n) is 6.04. The Hall–Kier alpha value is -0.620. The predicted octanol–water partition coefficient (Wildman–Crippen LogP) is 1.47. The fraction of sp³-hybridized carbons (Fsp3) is 0.583. The Labute approximate surface area is 116 Å². The number of hydrogen-bond acceptors (Lipinski definition) is 4. The van der Waals surface area contributed by atoms with Gasteiger partial charge in [0.05, 0.1) is 23.0 Å². The molecular weight excluding hydrogens is 272 g/mol. The zero-order valence-electron chi connectivity index (χ0n) is 10.2. The van der Waals surface area contributed by atoms with Crippen molar-refractivity contribution in [1.29, 1.82) is 0 Å². The fourth-order valence-corrected chi connectivity index (χ4v) is 3.20. The number of thiophene rings is 1. The lowest BCUT2D eigenvalue weighted by Gasteiger charge is -2.23. The number of nitrogens with one attached hydrogen (secondary N) is 1. The number of amides is 1. The van der Waals surface area contributed by atoms with Gasteiger partial charge in [0.15, 0.2) is 0 Å². The number of nitrogens with zero attached hydrogens (tertiary/aromatic N) is 1. The molecule has 2 heterocycles. The Morgan fingerprint density at radius 1 is 1.67 bits per heavy atom. The number of aliphatic hydroxyl groups excluding tert-OH is 1. The number of carbonyl (C=O) groups is 1. The molecule has 1 aromatic rings. The third-order valence-corrected chi connectivity index (χ3v) is 4.29. The molecule has 18 heavy (non-hydrogen) atoms. The molecule has 0 aromatic carbocycles. The average Bonchev–Trinajstić information content (AvgIpc) is 2.94. The van der Waals surface area contributed by atoms with E-state index < -0.39 is 6.10 Å². The number of hydrogen-bond donors (Lipinski definition) is 2. The zero-order chi connectivity index (χ0) is 13.1. The van der Waals surface area contributed by atoms with Gasteiger partial charge >= 0.3 is 0 Å². The molecule has 6 heteroatoms. The number of halogens is 1. The lowest BCUT2D eigenvalue weighted by Crippen LogP contribution is -2.43. The van der Waals surface area contributed by atoms with Crippen LogP contribution in [0, 0.1) is 0 Å². The van der Waals surface area contributed by atoms with Crippen LogP contribution in [-0.2, 0) is 11.3 Å². The first-order chi connectivity index (χ1) is 8.60. The van der Waals surface area contributed by atoms with Crippen LogP contribution in [-0.4, -0.2) is 41.1 Å². The van der Waals surface area contributed by atoms with Crippen molar-refractivity contribution in [2.24, 2.45) is 0 Å². The summed E-state index contributed by atoms with van der Waals surface area (Å²) < 4.78 is 0.739. The second-order valence-corrected chi connectivity index (χ2v) is 6.21. The number of likely N-dealkylation sites (N-methyl/N-ethyl adjacent to an activating group) is 1. The molecule has 1 saturated heterocycles. The quantitative estimate of drug-likeness (QED) is 0.882. The molecule has 2 rings (SSSR count). The second kappa shape index (κ2) is 6.02. The Morgan fingerprint density at radius 2 is 2.44 bits per heavy atom. The summed E-state index contributed by atoms with van der Waals surface area (Å²) in [6.45, 7) is 3.70. The van der Waals surface area contributed by atoms with Gasteiger partial charge in [-0.3, -0.25) is 4.79 Å². The Kier molecular flexibility index (Phi) is 4.61. The first-order valence-corrected chi connectivity index (χ1v) is 7.24. The molecule has 2 unspecified atom stereocenters. The van der Waals surface area contributed by atoms with Crippen LogP contribution in [0.15, 0.2) is 12.1 Å². The molecule has 0 saturated carbocycles. The van der Waals surface area contributed by atoms with E-state index in [0.29, 0.717) is 26.1 Å². The minimum atomic E-state index is -0.408. The van der Waals surface area contributed by atoms with Gasteiger partial charge in [-0.05, 0) is 25.5 Å². The highest BCUT2D eigenvalue weighted by Crippen LogP contribution is 2.23. The van der Waals surface area contributed by atoms with Crippen molar-refractivity contribution in [3.63, 3.8) is 0 Å². The number of rotatable bonds is 4. The molecule has 2 atom stereocenters. The van der Waals surface area contributed by atoms with Crippen LogP contribution in [0.25, 0.3) is 0 Å². The zero-order valence-corrected chi connectivity index (χ0v) is 11.8. The summed E-state index contributed by atoms with van der Waals surface area (Å²) in [5.41, 5.74) is 0. The molecule has 100 valence electrons. The van der Waals surface area contributed by atoms with E-state index in [2.05, 4.69) is 5.32 Å². The van der Waals surface area contributed by atoms with Crippen molar-refractivity contribution in [3.8, 4) is 0 Å². The van der Waals surface area contributed by atoms with Gasteiger partial charge in [-0.15, -0.1) is 11.3 Å². The van der Waals surface area contributed by atoms with E-state index >= 15 is 0 Å². The SMILES string of the molecule is CCN(Cc1ccc(Cl)s1)C(=O)C1CC(O)CN1. The molecular formula is C12H17ClN2O2S. The van der Waals surface area contributed by atoms with Gasteiger partial charge in [-0.2, -0.15) is 0 Å². The van der Waals surface area contributed by atoms with E-state index in [4.69, 9.17) is 11.6 Å². The van der Waals surface area contributed by atoms with Crippen molar-refractivity contribution in [2.75, 3.05) is 13.1 Å². The van der Waals surface area contributed by atoms with Gasteiger partial charge in [0, 0.05) is 18.0 Å². The molecule has 1 fully saturated rings. The summed E-state index contributed by atoms with van der Waals surface area (Å²) in [5.74, 6) is 0.0542. The summed E-state index contributed by atoms with van der Waals surface area (Å²) in [4.78, 5) is 15.1. The lowest BCUT2D eigenvalue weighted by molar-refractivity contribution is -0.133. The topological polar surface area (TPSA) is 52.6 Å². The molecule has 4 nitrogen and oxygen atoms in total. The Morgan fingerprint density at radius 3 is 2.94 bits per heavy atom. The summed E-state index contributed by atoms with van der Waals surface area (Å²) >= 11 is 7.38. The molecule has 0 spiro atoms. The third-order valence-electron chi connectivity index (χ3n) is 3.07. The van der Waals surface area contributed by atoms with Gasteiger partial charge in [0.2, 0.25) is 5.91 Å². The maximum Gasteiger partial charge on any atom is 0.240 e. The van der Waals surface area contributed by atoms with Gasteiger partial charge in [-0.25, -0.2) is 0 Å². The van der Waals surface area contributed by atoms with Crippen LogP contribution in [0.3, 0.4) is 0 Å². The fourth-order valence-electron chi connectivity index (χ4n) is 2.10. The van der Waals surface area contributed by atoms with Crippen molar-refractivity contribution >= 4 is 28.8 Å². The highest BCUT2D eigenvalue weighted by molar-refractivity contribution is 7.16. The molecule has 1 aromatic heterocycles. The number of carbonyl (C=O) groups excluding carboxylic acids is 1. The van der Waals surface area contributed by atoms with E-state index in [0.717, 1.165) is 9.21 Å². The second-order valence-electron chi connectivity index (χ2n) is 4.41. The molecule has 1 aliphatic rings. The predicted molar refractivity (Wildman–Crippen MR) is 72.8 cm³/mol. The molecule has 0 bridgehead atoms. The first kappa shape index (κ1) is 13.8. The van der Waals surface area contributed by atoms with Crippen molar-refractivity contribution in [3.05, 3.63) is 21.3 Å². The van der Waals surface area contributed by atoms with Gasteiger partial charge in [-0.1, -0.05) is 11.6 Å². The van der Waals surface area contributed by atoms with E-state index in [-0.39, 0.29) is 11.9 Å². The monoisotopic (exact) mass is 288 g/mol. The van der Waals surface area contributed by atoms with Crippen LogP contribution in [0.1, 0.15) is 18.2 Å². The Balaban J connectivity index is 1.97. The third kappa shape index (κ3) is 3.23. The minimum Gasteiger partial charge on any atom is -0.392 e. The lowest BCUT2D eigenvalue weighted by atomic mass is 10.2. The molecule has 2 N–H and O–H groups in total. The maximum absolute atomic E-state index is 12.3. The molecule has 0 radical (unpaired) electrons. The largest absolute Gasteiger partial charge is 0.392 e. The number of aliphatic hydroxyl groups is 1. The summed E-state index contributed by atoms with van der Waals surface area (Å²) in [6.07, 6.45) is 0.0920. The van der Waals surface area contributed by atoms with E-state index in [1.807, 2.05) is 19.1 Å². The molecule has 1 amide bonds. The van der Waals surface area contributed by atoms with Crippen LogP contribution < -0.4 is 5.32 Å². The normalized spacial score (nSPS) is 23.3. The summed E-state index contributed by atoms with van der Waals surface area (Å²) in [6, 6.07) is 3.53. The van der Waals surface area contributed by atoms with Crippen molar-refractivity contribution in [1.82, 2.24) is 10.2 Å². The standard InChI is InChI=1S/C12H17ClN2O2S/c1-2-15(7-9-3-4-11(13)18-9)12(17)10-5-8(16)6-14-10/h3-4,8,10,14,16H,2,5-7H2,1H3. The highest BCUT2D eigenvalue weighted by atomic mass is 35.5. The Bertz CT molecular complexity index is 424. The van der Waals surface area contributed by atoms with Gasteiger partial charge in [0.1, 0.15) is 0 Å². The van der Waals surface area contributed by atoms with Crippen LogP contribution in [0.4, 0.5) is 0 Å². The van der Waals surface area contributed by atoms with Crippen LogP contribution in [0.5, 0.6) is 0 Å².